The quantitative estimate of drug-likeness (QED) is 0.650. The van der Waals surface area contributed by atoms with Crippen molar-refractivity contribution in [2.75, 3.05) is 7.05 Å². The van der Waals surface area contributed by atoms with Crippen molar-refractivity contribution >= 4 is 17.3 Å². The molecule has 0 saturated heterocycles. The lowest BCUT2D eigenvalue weighted by Gasteiger charge is -2.10. The summed E-state index contributed by atoms with van der Waals surface area (Å²) in [7, 11) is 3.73. The average Bonchev–Trinajstić information content (AvgIpc) is 3.08. The minimum atomic E-state index is 0.599. The van der Waals surface area contributed by atoms with Crippen LogP contribution in [0.4, 0.5) is 0 Å². The Hall–Kier alpha value is -1.89. The van der Waals surface area contributed by atoms with Gasteiger partial charge >= 0.3 is 0 Å². The molecule has 0 fully saturated rings. The fourth-order valence-corrected chi connectivity index (χ4v) is 2.76. The Morgan fingerprint density at radius 3 is 2.52 bits per heavy atom. The van der Waals surface area contributed by atoms with E-state index in [1.54, 1.807) is 7.05 Å². The first-order valence-corrected chi connectivity index (χ1v) is 7.82. The van der Waals surface area contributed by atoms with E-state index in [9.17, 15) is 0 Å². The molecule has 6 nitrogen and oxygen atoms in total. The van der Waals surface area contributed by atoms with Crippen LogP contribution < -0.4 is 10.6 Å². The van der Waals surface area contributed by atoms with E-state index in [4.69, 9.17) is 0 Å². The topological polar surface area (TPSA) is 67.1 Å². The maximum atomic E-state index is 4.22. The monoisotopic (exact) mass is 306 g/mol. The average molecular weight is 306 g/mol. The number of hydrogen-bond acceptors (Lipinski definition) is 4. The van der Waals surface area contributed by atoms with Crippen LogP contribution in [0.25, 0.3) is 0 Å². The maximum absolute atomic E-state index is 4.22. The number of aliphatic imine (C=N–C) groups is 1. The third kappa shape index (κ3) is 4.04. The molecule has 7 heteroatoms. The van der Waals surface area contributed by atoms with Crippen LogP contribution >= 0.6 is 11.3 Å². The van der Waals surface area contributed by atoms with Crippen molar-refractivity contribution in [2.24, 2.45) is 12.0 Å². The highest BCUT2D eigenvalue weighted by Crippen LogP contribution is 2.16. The van der Waals surface area contributed by atoms with Gasteiger partial charge in [0.15, 0.2) is 11.8 Å². The number of aryl methyl sites for hydroxylation is 2. The zero-order chi connectivity index (χ0) is 15.2. The number of guanidine groups is 1. The van der Waals surface area contributed by atoms with Gasteiger partial charge in [-0.05, 0) is 25.5 Å². The Kier molecular flexibility index (Phi) is 5.32. The summed E-state index contributed by atoms with van der Waals surface area (Å²) in [6.07, 6.45) is 1.09. The fraction of sp³-hybridized carbons (Fsp3) is 0.500. The van der Waals surface area contributed by atoms with Crippen molar-refractivity contribution < 1.29 is 0 Å². The predicted molar refractivity (Wildman–Crippen MR) is 86.5 cm³/mol. The summed E-state index contributed by atoms with van der Waals surface area (Å²) in [6, 6.07) is 4.34. The van der Waals surface area contributed by atoms with Crippen molar-refractivity contribution in [1.29, 1.82) is 0 Å². The Labute approximate surface area is 129 Å². The van der Waals surface area contributed by atoms with Crippen LogP contribution in [0, 0.1) is 6.92 Å². The second-order valence-electron chi connectivity index (χ2n) is 4.72. The van der Waals surface area contributed by atoms with Crippen molar-refractivity contribution in [3.63, 3.8) is 0 Å². The molecule has 2 aromatic heterocycles. The van der Waals surface area contributed by atoms with E-state index in [1.807, 2.05) is 29.9 Å². The molecule has 0 aliphatic heterocycles. The summed E-state index contributed by atoms with van der Waals surface area (Å²) in [4.78, 5) is 6.94. The van der Waals surface area contributed by atoms with Gasteiger partial charge < -0.3 is 15.2 Å². The second-order valence-corrected chi connectivity index (χ2v) is 5.98. The Balaban J connectivity index is 1.85. The number of thiophene rings is 1. The van der Waals surface area contributed by atoms with Crippen LogP contribution in [0.2, 0.25) is 0 Å². The molecule has 0 bridgehead atoms. The van der Waals surface area contributed by atoms with E-state index in [0.29, 0.717) is 6.54 Å². The first-order valence-electron chi connectivity index (χ1n) is 7.01. The van der Waals surface area contributed by atoms with Crippen LogP contribution in [-0.4, -0.2) is 27.8 Å². The van der Waals surface area contributed by atoms with Gasteiger partial charge in [-0.1, -0.05) is 6.92 Å². The minimum absolute atomic E-state index is 0.599. The van der Waals surface area contributed by atoms with Crippen molar-refractivity contribution in [1.82, 2.24) is 25.4 Å². The van der Waals surface area contributed by atoms with Crippen LogP contribution in [0.15, 0.2) is 17.1 Å². The molecule has 0 aliphatic rings. The summed E-state index contributed by atoms with van der Waals surface area (Å²) >= 11 is 1.83. The summed E-state index contributed by atoms with van der Waals surface area (Å²) in [5.41, 5.74) is 0. The highest BCUT2D eigenvalue weighted by molar-refractivity contribution is 7.11. The Morgan fingerprint density at radius 2 is 1.95 bits per heavy atom. The molecule has 0 aliphatic carbocycles. The lowest BCUT2D eigenvalue weighted by atomic mass is 10.4. The van der Waals surface area contributed by atoms with Gasteiger partial charge in [-0.15, -0.1) is 21.5 Å². The lowest BCUT2D eigenvalue weighted by Crippen LogP contribution is -2.36. The van der Waals surface area contributed by atoms with Gasteiger partial charge in [0, 0.05) is 23.8 Å². The molecule has 0 radical (unpaired) electrons. The molecule has 2 heterocycles. The van der Waals surface area contributed by atoms with Crippen molar-refractivity contribution in [2.45, 2.75) is 33.4 Å². The molecule has 2 rings (SSSR count). The lowest BCUT2D eigenvalue weighted by molar-refractivity contribution is 0.718. The molecule has 2 N–H and O–H groups in total. The van der Waals surface area contributed by atoms with Gasteiger partial charge in [-0.25, -0.2) is 0 Å². The highest BCUT2D eigenvalue weighted by atomic mass is 32.1. The van der Waals surface area contributed by atoms with Crippen LogP contribution in [0.1, 0.15) is 28.3 Å². The van der Waals surface area contributed by atoms with Crippen LogP contribution in [0.3, 0.4) is 0 Å². The molecule has 114 valence electrons. The Bertz CT molecular complexity index is 613. The van der Waals surface area contributed by atoms with Gasteiger partial charge in [-0.3, -0.25) is 4.99 Å². The summed E-state index contributed by atoms with van der Waals surface area (Å²) in [5, 5.41) is 14.7. The van der Waals surface area contributed by atoms with E-state index in [1.165, 1.54) is 9.75 Å². The van der Waals surface area contributed by atoms with Crippen LogP contribution in [-0.2, 0) is 26.6 Å². The number of hydrogen-bond donors (Lipinski definition) is 2. The maximum Gasteiger partial charge on any atom is 0.191 e. The van der Waals surface area contributed by atoms with E-state index >= 15 is 0 Å². The summed E-state index contributed by atoms with van der Waals surface area (Å²) in [6.45, 7) is 5.49. The molecule has 0 atom stereocenters. The normalized spacial score (nSPS) is 11.7. The first kappa shape index (κ1) is 15.5. The first-order chi connectivity index (χ1) is 10.1. The van der Waals surface area contributed by atoms with Gasteiger partial charge in [0.2, 0.25) is 0 Å². The third-order valence-electron chi connectivity index (χ3n) is 3.32. The molecule has 0 saturated carbocycles. The molecule has 0 spiro atoms. The largest absolute Gasteiger partial charge is 0.352 e. The van der Waals surface area contributed by atoms with E-state index in [2.05, 4.69) is 44.9 Å². The summed E-state index contributed by atoms with van der Waals surface area (Å²) in [5.74, 6) is 2.56. The number of nitrogens with zero attached hydrogens (tertiary/aromatic N) is 4. The molecule has 2 aromatic rings. The number of aromatic nitrogens is 3. The van der Waals surface area contributed by atoms with Crippen molar-refractivity contribution in [3.8, 4) is 0 Å². The van der Waals surface area contributed by atoms with E-state index in [0.717, 1.165) is 30.6 Å². The van der Waals surface area contributed by atoms with E-state index < -0.39 is 0 Å². The number of nitrogens with one attached hydrogen (secondary N) is 2. The fourth-order valence-electron chi connectivity index (χ4n) is 1.87. The molecular weight excluding hydrogens is 284 g/mol. The molecule has 21 heavy (non-hydrogen) atoms. The van der Waals surface area contributed by atoms with Gasteiger partial charge in [0.1, 0.15) is 5.82 Å². The van der Waals surface area contributed by atoms with Crippen molar-refractivity contribution in [3.05, 3.63) is 33.5 Å². The smallest absolute Gasteiger partial charge is 0.191 e. The second kappa shape index (κ2) is 7.21. The van der Waals surface area contributed by atoms with Crippen LogP contribution in [0.5, 0.6) is 0 Å². The zero-order valence-electron chi connectivity index (χ0n) is 13.0. The van der Waals surface area contributed by atoms with Gasteiger partial charge in [-0.2, -0.15) is 0 Å². The standard InChI is InChI=1S/C14H22N6S/c1-5-11-6-7-12(21-11)8-16-14(15-3)17-9-13-19-18-10(2)20(13)4/h6-7H,5,8-9H2,1-4H3,(H2,15,16,17). The Morgan fingerprint density at radius 1 is 1.24 bits per heavy atom. The van der Waals surface area contributed by atoms with Gasteiger partial charge in [0.25, 0.3) is 0 Å². The minimum Gasteiger partial charge on any atom is -0.352 e. The SMILES string of the molecule is CCc1ccc(CNC(=NC)NCc2nnc(C)n2C)s1. The highest BCUT2D eigenvalue weighted by Gasteiger charge is 2.06. The molecule has 0 amide bonds. The van der Waals surface area contributed by atoms with Gasteiger partial charge in [0.05, 0.1) is 13.1 Å². The predicted octanol–water partition coefficient (Wildman–Crippen LogP) is 1.61. The molecule has 0 unspecified atom stereocenters. The van der Waals surface area contributed by atoms with E-state index in [-0.39, 0.29) is 0 Å². The molecule has 0 aromatic carbocycles. The number of rotatable bonds is 5. The third-order valence-corrected chi connectivity index (χ3v) is 4.55. The zero-order valence-corrected chi connectivity index (χ0v) is 13.8. The summed E-state index contributed by atoms with van der Waals surface area (Å²) < 4.78 is 1.97. The molecular formula is C14H22N6S.